The van der Waals surface area contributed by atoms with Gasteiger partial charge < -0.3 is 0 Å². The minimum Gasteiger partial charge on any atom is -0.293 e. The normalized spacial score (nSPS) is 26.7. The molecule has 0 spiro atoms. The van der Waals surface area contributed by atoms with Crippen molar-refractivity contribution in [1.29, 1.82) is 0 Å². The van der Waals surface area contributed by atoms with Gasteiger partial charge in [0.1, 0.15) is 4.32 Å². The van der Waals surface area contributed by atoms with Crippen molar-refractivity contribution in [2.45, 2.75) is 33.1 Å². The highest BCUT2D eigenvalue weighted by atomic mass is 32.2. The van der Waals surface area contributed by atoms with E-state index in [0.29, 0.717) is 16.2 Å². The minimum absolute atomic E-state index is 0.105. The summed E-state index contributed by atoms with van der Waals surface area (Å²) in [6.07, 6.45) is 9.86. The largest absolute Gasteiger partial charge is 0.293 e. The fourth-order valence-corrected chi connectivity index (χ4v) is 3.56. The van der Waals surface area contributed by atoms with Crippen molar-refractivity contribution in [2.24, 2.45) is 11.8 Å². The number of thioether (sulfide) groups is 1. The molecule has 0 saturated carbocycles. The van der Waals surface area contributed by atoms with Gasteiger partial charge in [-0.3, -0.25) is 9.69 Å². The van der Waals surface area contributed by atoms with E-state index in [1.165, 1.54) is 11.8 Å². The summed E-state index contributed by atoms with van der Waals surface area (Å²) >= 11 is 6.76. The quantitative estimate of drug-likeness (QED) is 0.446. The first kappa shape index (κ1) is 13.8. The van der Waals surface area contributed by atoms with Crippen molar-refractivity contribution < 1.29 is 4.79 Å². The summed E-state index contributed by atoms with van der Waals surface area (Å²) in [5.41, 5.74) is 0. The maximum Gasteiger partial charge on any atom is 0.265 e. The van der Waals surface area contributed by atoms with Gasteiger partial charge in [-0.05, 0) is 31.1 Å². The van der Waals surface area contributed by atoms with Crippen LogP contribution in [-0.2, 0) is 4.79 Å². The van der Waals surface area contributed by atoms with E-state index in [1.54, 1.807) is 4.90 Å². The van der Waals surface area contributed by atoms with Crippen LogP contribution >= 0.6 is 24.0 Å². The van der Waals surface area contributed by atoms with Gasteiger partial charge in [0.15, 0.2) is 0 Å². The van der Waals surface area contributed by atoms with Crippen molar-refractivity contribution >= 4 is 34.2 Å². The van der Waals surface area contributed by atoms with Crippen LogP contribution in [0.2, 0.25) is 0 Å². The van der Waals surface area contributed by atoms with Crippen LogP contribution in [0.4, 0.5) is 0 Å². The Morgan fingerprint density at radius 3 is 2.94 bits per heavy atom. The van der Waals surface area contributed by atoms with Gasteiger partial charge in [-0.15, -0.1) is 0 Å². The second-order valence-corrected chi connectivity index (χ2v) is 6.93. The molecule has 1 heterocycles. The molecule has 2 rings (SSSR count). The van der Waals surface area contributed by atoms with Gasteiger partial charge in [0.05, 0.1) is 4.91 Å². The van der Waals surface area contributed by atoms with Gasteiger partial charge in [0.25, 0.3) is 5.91 Å². The molecule has 98 valence electrons. The molecule has 0 aromatic carbocycles. The molecule has 1 saturated heterocycles. The minimum atomic E-state index is 0.105. The molecule has 0 N–H and O–H groups in total. The van der Waals surface area contributed by atoms with E-state index in [1.807, 2.05) is 0 Å². The van der Waals surface area contributed by atoms with Crippen LogP contribution in [0.1, 0.15) is 33.1 Å². The first-order chi connectivity index (χ1) is 8.58. The number of allylic oxidation sites excluding steroid dienone is 3. The molecular formula is C14H19NOS2. The van der Waals surface area contributed by atoms with E-state index in [4.69, 9.17) is 12.2 Å². The van der Waals surface area contributed by atoms with E-state index >= 15 is 0 Å². The van der Waals surface area contributed by atoms with Crippen molar-refractivity contribution in [2.75, 3.05) is 6.54 Å². The van der Waals surface area contributed by atoms with Crippen molar-refractivity contribution in [3.63, 3.8) is 0 Å². The zero-order chi connectivity index (χ0) is 13.1. The average molecular weight is 281 g/mol. The molecule has 0 aromatic rings. The van der Waals surface area contributed by atoms with Gasteiger partial charge in [-0.1, -0.05) is 56.1 Å². The third kappa shape index (κ3) is 3.23. The van der Waals surface area contributed by atoms with Crippen LogP contribution in [-0.4, -0.2) is 21.7 Å². The molecule has 0 bridgehead atoms. The molecule has 18 heavy (non-hydrogen) atoms. The van der Waals surface area contributed by atoms with E-state index in [-0.39, 0.29) is 5.91 Å². The van der Waals surface area contributed by atoms with Crippen LogP contribution in [0.25, 0.3) is 0 Å². The van der Waals surface area contributed by atoms with Crippen molar-refractivity contribution in [3.8, 4) is 0 Å². The SMILES string of the molecule is CC(C)CN1C(=O)/C(=C\[C@@H]2CC=CCC2)SC1=S. The van der Waals surface area contributed by atoms with E-state index in [0.717, 1.165) is 30.7 Å². The molecule has 0 radical (unpaired) electrons. The van der Waals surface area contributed by atoms with Crippen LogP contribution in [0.5, 0.6) is 0 Å². The molecule has 0 unspecified atom stereocenters. The highest BCUT2D eigenvalue weighted by molar-refractivity contribution is 8.26. The smallest absolute Gasteiger partial charge is 0.265 e. The monoisotopic (exact) mass is 281 g/mol. The fourth-order valence-electron chi connectivity index (χ4n) is 2.22. The Labute approximate surface area is 118 Å². The predicted octanol–water partition coefficient (Wildman–Crippen LogP) is 3.74. The Bertz CT molecular complexity index is 412. The predicted molar refractivity (Wildman–Crippen MR) is 81.3 cm³/mol. The topological polar surface area (TPSA) is 20.3 Å². The standard InChI is InChI=1S/C14H19NOS2/c1-10(2)9-15-13(16)12(18-14(15)17)8-11-6-4-3-5-7-11/h3-4,8,10-11H,5-7,9H2,1-2H3/b12-8+/t11-/m1/s1. The summed E-state index contributed by atoms with van der Waals surface area (Å²) in [4.78, 5) is 14.8. The maximum absolute atomic E-state index is 12.3. The van der Waals surface area contributed by atoms with Gasteiger partial charge in [0.2, 0.25) is 0 Å². The first-order valence-electron chi connectivity index (χ1n) is 6.48. The lowest BCUT2D eigenvalue weighted by Gasteiger charge is -2.17. The van der Waals surface area contributed by atoms with Crippen LogP contribution in [0.15, 0.2) is 23.1 Å². The Balaban J connectivity index is 2.07. The molecule has 2 nitrogen and oxygen atoms in total. The molecule has 4 heteroatoms. The van der Waals surface area contributed by atoms with Crippen LogP contribution in [0.3, 0.4) is 0 Å². The second kappa shape index (κ2) is 6.02. The lowest BCUT2D eigenvalue weighted by molar-refractivity contribution is -0.122. The van der Waals surface area contributed by atoms with Crippen LogP contribution in [0, 0.1) is 11.8 Å². The Kier molecular flexibility index (Phi) is 4.62. The second-order valence-electron chi connectivity index (χ2n) is 5.25. The average Bonchev–Trinajstić information content (AvgIpc) is 2.58. The van der Waals surface area contributed by atoms with Gasteiger partial charge in [-0.25, -0.2) is 0 Å². The lowest BCUT2D eigenvalue weighted by atomic mass is 9.94. The van der Waals surface area contributed by atoms with Crippen molar-refractivity contribution in [1.82, 2.24) is 4.90 Å². The molecule has 1 amide bonds. The van der Waals surface area contributed by atoms with E-state index < -0.39 is 0 Å². The Morgan fingerprint density at radius 1 is 1.56 bits per heavy atom. The van der Waals surface area contributed by atoms with Gasteiger partial charge in [-0.2, -0.15) is 0 Å². The van der Waals surface area contributed by atoms with Crippen LogP contribution < -0.4 is 0 Å². The number of nitrogens with zero attached hydrogens (tertiary/aromatic N) is 1. The Morgan fingerprint density at radius 2 is 2.33 bits per heavy atom. The maximum atomic E-state index is 12.3. The summed E-state index contributed by atoms with van der Waals surface area (Å²) in [6.45, 7) is 4.94. The molecule has 1 atom stereocenters. The Hall–Kier alpha value is -0.610. The van der Waals surface area contributed by atoms with Gasteiger partial charge in [0, 0.05) is 6.54 Å². The van der Waals surface area contributed by atoms with Crippen molar-refractivity contribution in [3.05, 3.63) is 23.1 Å². The summed E-state index contributed by atoms with van der Waals surface area (Å²) < 4.78 is 0.714. The number of carbonyl (C=O) groups is 1. The summed E-state index contributed by atoms with van der Waals surface area (Å²) in [6, 6.07) is 0. The number of hydrogen-bond donors (Lipinski definition) is 0. The molecular weight excluding hydrogens is 262 g/mol. The molecule has 1 aliphatic heterocycles. The molecule has 2 aliphatic rings. The molecule has 1 fully saturated rings. The number of amides is 1. The lowest BCUT2D eigenvalue weighted by Crippen LogP contribution is -2.31. The van der Waals surface area contributed by atoms with E-state index in [2.05, 4.69) is 32.1 Å². The third-order valence-corrected chi connectivity index (χ3v) is 4.51. The number of hydrogen-bond acceptors (Lipinski definition) is 3. The zero-order valence-electron chi connectivity index (χ0n) is 10.9. The first-order valence-corrected chi connectivity index (χ1v) is 7.71. The fraction of sp³-hybridized carbons (Fsp3) is 0.571. The highest BCUT2D eigenvalue weighted by Crippen LogP contribution is 2.34. The highest BCUT2D eigenvalue weighted by Gasteiger charge is 2.32. The van der Waals surface area contributed by atoms with Gasteiger partial charge >= 0.3 is 0 Å². The molecule has 0 aromatic heterocycles. The summed E-state index contributed by atoms with van der Waals surface area (Å²) in [5, 5.41) is 0. The van der Waals surface area contributed by atoms with E-state index in [9.17, 15) is 4.79 Å². The number of rotatable bonds is 3. The summed E-state index contributed by atoms with van der Waals surface area (Å²) in [5.74, 6) is 1.06. The zero-order valence-corrected chi connectivity index (χ0v) is 12.5. The number of carbonyl (C=O) groups excluding carboxylic acids is 1. The molecule has 1 aliphatic carbocycles. The third-order valence-electron chi connectivity index (χ3n) is 3.12. The summed E-state index contributed by atoms with van der Waals surface area (Å²) in [7, 11) is 0. The number of thiocarbonyl (C=S) groups is 1.